The monoisotopic (exact) mass is 434 g/mol. The molecule has 0 unspecified atom stereocenters. The molecule has 0 aliphatic carbocycles. The average molecular weight is 435 g/mol. The summed E-state index contributed by atoms with van der Waals surface area (Å²) in [5, 5.41) is 13.9. The third kappa shape index (κ3) is 5.87. The van der Waals surface area contributed by atoms with E-state index in [1.165, 1.54) is 0 Å². The molecule has 0 spiro atoms. The molecule has 3 rings (SSSR count). The lowest BCUT2D eigenvalue weighted by molar-refractivity contribution is 0.0697. The number of rotatable bonds is 12. The molecule has 168 valence electrons. The Balaban J connectivity index is 1.82. The van der Waals surface area contributed by atoms with Crippen LogP contribution >= 0.6 is 0 Å². The number of Topliss-reactive ketones (excluding diaryl/α,β-unsaturated/α-hetero) is 1. The summed E-state index contributed by atoms with van der Waals surface area (Å²) in [6.07, 6.45) is 7.98. The molecule has 0 fully saturated rings. The highest BCUT2D eigenvalue weighted by atomic mass is 16.4. The zero-order valence-corrected chi connectivity index (χ0v) is 18.8. The maximum atomic E-state index is 12.4. The number of aryl methyl sites for hydroxylation is 1. The van der Waals surface area contributed by atoms with Gasteiger partial charge in [-0.2, -0.15) is 0 Å². The Morgan fingerprint density at radius 3 is 2.47 bits per heavy atom. The van der Waals surface area contributed by atoms with Crippen molar-refractivity contribution in [1.82, 2.24) is 19.7 Å². The van der Waals surface area contributed by atoms with Crippen molar-refractivity contribution in [2.45, 2.75) is 65.3 Å². The highest BCUT2D eigenvalue weighted by molar-refractivity contribution is 5.95. The van der Waals surface area contributed by atoms with Crippen LogP contribution in [-0.4, -0.2) is 36.6 Å². The number of carbonyl (C=O) groups is 2. The van der Waals surface area contributed by atoms with E-state index in [2.05, 4.69) is 28.9 Å². The Morgan fingerprint density at radius 2 is 1.78 bits per heavy atom. The Hall–Kier alpha value is -3.35. The number of carboxylic acids is 1. The number of ketones is 1. The van der Waals surface area contributed by atoms with Crippen molar-refractivity contribution in [2.24, 2.45) is 0 Å². The predicted octanol–water partition coefficient (Wildman–Crippen LogP) is 5.19. The van der Waals surface area contributed by atoms with Crippen molar-refractivity contribution in [1.29, 1.82) is 0 Å². The Kier molecular flexibility index (Phi) is 8.25. The van der Waals surface area contributed by atoms with Gasteiger partial charge in [0.25, 0.3) is 0 Å². The zero-order valence-electron chi connectivity index (χ0n) is 18.8. The van der Waals surface area contributed by atoms with E-state index in [9.17, 15) is 14.7 Å². The van der Waals surface area contributed by atoms with Crippen LogP contribution in [0.3, 0.4) is 0 Å². The second-order valence-corrected chi connectivity index (χ2v) is 7.90. The number of aromatic carboxylic acids is 1. The Bertz CT molecular complexity index is 1060. The van der Waals surface area contributed by atoms with Crippen LogP contribution in [0, 0.1) is 0 Å². The normalized spacial score (nSPS) is 10.9. The molecular weight excluding hydrogens is 404 g/mol. The maximum Gasteiger partial charge on any atom is 0.336 e. The summed E-state index contributed by atoms with van der Waals surface area (Å²) in [4.78, 5) is 33.0. The minimum Gasteiger partial charge on any atom is -0.478 e. The van der Waals surface area contributed by atoms with E-state index >= 15 is 0 Å². The van der Waals surface area contributed by atoms with E-state index in [1.54, 1.807) is 35.1 Å². The van der Waals surface area contributed by atoms with Crippen molar-refractivity contribution < 1.29 is 14.7 Å². The van der Waals surface area contributed by atoms with Crippen molar-refractivity contribution >= 4 is 11.8 Å². The van der Waals surface area contributed by atoms with Crippen molar-refractivity contribution in [3.8, 4) is 11.3 Å². The fourth-order valence-electron chi connectivity index (χ4n) is 3.53. The molecule has 7 heteroatoms. The fraction of sp³-hybridized carbons (Fsp3) is 0.400. The minimum atomic E-state index is -0.980. The third-order valence-corrected chi connectivity index (χ3v) is 5.35. The van der Waals surface area contributed by atoms with Gasteiger partial charge < -0.3 is 5.11 Å². The first-order valence-electron chi connectivity index (χ1n) is 11.3. The number of hydrogen-bond donors (Lipinski definition) is 1. The van der Waals surface area contributed by atoms with Crippen LogP contribution < -0.4 is 0 Å². The van der Waals surface area contributed by atoms with E-state index in [-0.39, 0.29) is 11.3 Å². The van der Waals surface area contributed by atoms with Crippen molar-refractivity contribution in [2.75, 3.05) is 0 Å². The quantitative estimate of drug-likeness (QED) is 0.311. The summed E-state index contributed by atoms with van der Waals surface area (Å²) in [5.41, 5.74) is 2.31. The summed E-state index contributed by atoms with van der Waals surface area (Å²) >= 11 is 0. The fourth-order valence-corrected chi connectivity index (χ4v) is 3.53. The molecule has 2 aromatic heterocycles. The van der Waals surface area contributed by atoms with Crippen LogP contribution in [-0.2, 0) is 13.0 Å². The first-order chi connectivity index (χ1) is 15.5. The molecule has 0 radical (unpaired) electrons. The third-order valence-electron chi connectivity index (χ3n) is 5.35. The van der Waals surface area contributed by atoms with Crippen molar-refractivity contribution in [3.05, 3.63) is 65.4 Å². The van der Waals surface area contributed by atoms with Crippen molar-refractivity contribution in [3.63, 3.8) is 0 Å². The molecule has 0 atom stereocenters. The molecule has 0 saturated heterocycles. The second-order valence-electron chi connectivity index (χ2n) is 7.90. The Labute approximate surface area is 188 Å². The highest BCUT2D eigenvalue weighted by Crippen LogP contribution is 2.22. The summed E-state index contributed by atoms with van der Waals surface area (Å²) in [6, 6.07) is 10.6. The van der Waals surface area contributed by atoms with Gasteiger partial charge in [-0.05, 0) is 30.5 Å². The average Bonchev–Trinajstić information content (AvgIpc) is 3.20. The van der Waals surface area contributed by atoms with E-state index in [1.807, 2.05) is 12.1 Å². The van der Waals surface area contributed by atoms with Gasteiger partial charge in [0.15, 0.2) is 0 Å². The summed E-state index contributed by atoms with van der Waals surface area (Å²) < 4.78 is 1.80. The second kappa shape index (κ2) is 11.3. The number of hydrogen-bond acceptors (Lipinski definition) is 5. The van der Waals surface area contributed by atoms with Gasteiger partial charge in [-0.25, -0.2) is 14.5 Å². The number of aromatic nitrogens is 4. The van der Waals surface area contributed by atoms with Crippen LogP contribution in [0.2, 0.25) is 0 Å². The molecule has 2 heterocycles. The molecule has 0 aliphatic rings. The topological polar surface area (TPSA) is 98.0 Å². The molecule has 0 bridgehead atoms. The van der Waals surface area contributed by atoms with E-state index < -0.39 is 5.97 Å². The summed E-state index contributed by atoms with van der Waals surface area (Å²) in [7, 11) is 0. The van der Waals surface area contributed by atoms with Gasteiger partial charge >= 0.3 is 5.97 Å². The SMILES string of the molecule is CCCCCc1nc(C(=O)CCCC)nn1Cc1ccc(-c2ccccc2C(=O)O)nc1. The van der Waals surface area contributed by atoms with Crippen LogP contribution in [0.25, 0.3) is 11.3 Å². The van der Waals surface area contributed by atoms with Gasteiger partial charge in [0, 0.05) is 24.6 Å². The van der Waals surface area contributed by atoms with E-state index in [0.717, 1.165) is 49.9 Å². The molecule has 0 aliphatic heterocycles. The van der Waals surface area contributed by atoms with Crippen LogP contribution in [0.5, 0.6) is 0 Å². The number of pyridine rings is 1. The highest BCUT2D eigenvalue weighted by Gasteiger charge is 2.17. The summed E-state index contributed by atoms with van der Waals surface area (Å²) in [5.74, 6) is 0.121. The summed E-state index contributed by atoms with van der Waals surface area (Å²) in [6.45, 7) is 4.67. The van der Waals surface area contributed by atoms with Gasteiger partial charge in [0.05, 0.1) is 17.8 Å². The van der Waals surface area contributed by atoms with Gasteiger partial charge in [-0.15, -0.1) is 5.10 Å². The first kappa shape index (κ1) is 23.3. The van der Waals surface area contributed by atoms with Gasteiger partial charge in [-0.3, -0.25) is 9.78 Å². The molecule has 1 aromatic carbocycles. The van der Waals surface area contributed by atoms with E-state index in [0.29, 0.717) is 30.0 Å². The van der Waals surface area contributed by atoms with Crippen LogP contribution in [0.4, 0.5) is 0 Å². The molecule has 1 N–H and O–H groups in total. The van der Waals surface area contributed by atoms with Crippen LogP contribution in [0.15, 0.2) is 42.6 Å². The number of unbranched alkanes of at least 4 members (excludes halogenated alkanes) is 3. The van der Waals surface area contributed by atoms with Gasteiger partial charge in [-0.1, -0.05) is 57.4 Å². The standard InChI is InChI=1S/C25H30N4O3/c1-3-5-7-13-23-27-24(22(30)12-6-4-2)28-29(23)17-18-14-15-21(26-16-18)19-10-8-9-11-20(19)25(31)32/h8-11,14-16H,3-7,12-13,17H2,1-2H3,(H,31,32). The first-order valence-corrected chi connectivity index (χ1v) is 11.3. The molecule has 3 aromatic rings. The minimum absolute atomic E-state index is 0.0129. The lowest BCUT2D eigenvalue weighted by Gasteiger charge is -2.08. The molecule has 0 saturated carbocycles. The zero-order chi connectivity index (χ0) is 22.9. The number of nitrogens with zero attached hydrogens (tertiary/aromatic N) is 4. The van der Waals surface area contributed by atoms with Gasteiger partial charge in [0.2, 0.25) is 11.6 Å². The molecule has 0 amide bonds. The van der Waals surface area contributed by atoms with Crippen LogP contribution in [0.1, 0.15) is 84.7 Å². The Morgan fingerprint density at radius 1 is 1.00 bits per heavy atom. The molecule has 32 heavy (non-hydrogen) atoms. The number of benzene rings is 1. The number of carboxylic acid groups (broad SMARTS) is 1. The predicted molar refractivity (Wildman–Crippen MR) is 123 cm³/mol. The lowest BCUT2D eigenvalue weighted by Crippen LogP contribution is -2.08. The largest absolute Gasteiger partial charge is 0.478 e. The lowest BCUT2D eigenvalue weighted by atomic mass is 10.0. The molecular formula is C25H30N4O3. The van der Waals surface area contributed by atoms with Gasteiger partial charge in [0.1, 0.15) is 5.82 Å². The smallest absolute Gasteiger partial charge is 0.336 e. The molecule has 7 nitrogen and oxygen atoms in total. The maximum absolute atomic E-state index is 12.4. The number of carbonyl (C=O) groups excluding carboxylic acids is 1. The van der Waals surface area contributed by atoms with E-state index in [4.69, 9.17) is 0 Å².